The number of rotatable bonds is 5. The lowest BCUT2D eigenvalue weighted by Crippen LogP contribution is -2.50. The molecule has 1 saturated heterocycles. The summed E-state index contributed by atoms with van der Waals surface area (Å²) < 4.78 is 5.14. The van der Waals surface area contributed by atoms with Crippen molar-refractivity contribution in [3.05, 3.63) is 0 Å². The van der Waals surface area contributed by atoms with Crippen LogP contribution in [0.3, 0.4) is 0 Å². The summed E-state index contributed by atoms with van der Waals surface area (Å²) in [5.41, 5.74) is 0. The molecule has 12 heavy (non-hydrogen) atoms. The molecule has 2 rings (SSSR count). The Balaban J connectivity index is 1.65. The second-order valence-corrected chi connectivity index (χ2v) is 4.19. The molecule has 1 aliphatic carbocycles. The van der Waals surface area contributed by atoms with Gasteiger partial charge in [0.1, 0.15) is 0 Å². The lowest BCUT2D eigenvalue weighted by atomic mass is 10.1. The Morgan fingerprint density at radius 1 is 1.42 bits per heavy atom. The topological polar surface area (TPSA) is 21.3 Å². The van der Waals surface area contributed by atoms with Gasteiger partial charge in [-0.3, -0.25) is 0 Å². The highest BCUT2D eigenvalue weighted by Gasteiger charge is 2.27. The molecule has 0 aromatic heterocycles. The molecule has 0 bridgehead atoms. The minimum Gasteiger partial charge on any atom is -0.378 e. The van der Waals surface area contributed by atoms with E-state index in [1.165, 1.54) is 25.7 Å². The van der Waals surface area contributed by atoms with Gasteiger partial charge in [0, 0.05) is 6.04 Å². The first-order valence-electron chi connectivity index (χ1n) is 5.22. The van der Waals surface area contributed by atoms with Crippen LogP contribution in [0.5, 0.6) is 0 Å². The van der Waals surface area contributed by atoms with Gasteiger partial charge in [0.25, 0.3) is 0 Å². The number of hydrogen-bond donors (Lipinski definition) is 1. The molecule has 1 unspecified atom stereocenters. The molecule has 2 heteroatoms. The van der Waals surface area contributed by atoms with Gasteiger partial charge in [-0.2, -0.15) is 0 Å². The minimum absolute atomic E-state index is 0.661. The molecule has 1 heterocycles. The van der Waals surface area contributed by atoms with Crippen LogP contribution >= 0.6 is 0 Å². The maximum absolute atomic E-state index is 5.14. The smallest absolute Gasteiger partial charge is 0.0643 e. The van der Waals surface area contributed by atoms with Gasteiger partial charge in [-0.1, -0.05) is 19.8 Å². The van der Waals surface area contributed by atoms with E-state index in [0.717, 1.165) is 25.2 Å². The van der Waals surface area contributed by atoms with E-state index in [4.69, 9.17) is 4.74 Å². The standard InChI is InChI=1S/C10H19NO/c1-2-9(5-8-3-4-8)11-10-6-12-7-10/h8-11H,2-7H2,1H3. The second-order valence-electron chi connectivity index (χ2n) is 4.19. The maximum Gasteiger partial charge on any atom is 0.0643 e. The molecule has 0 spiro atoms. The van der Waals surface area contributed by atoms with Crippen molar-refractivity contribution in [2.45, 2.75) is 44.7 Å². The van der Waals surface area contributed by atoms with Crippen molar-refractivity contribution < 1.29 is 4.74 Å². The van der Waals surface area contributed by atoms with Crippen LogP contribution in [-0.2, 0) is 4.74 Å². The molecule has 0 aromatic rings. The second kappa shape index (κ2) is 3.75. The summed E-state index contributed by atoms with van der Waals surface area (Å²) in [5.74, 6) is 1.04. The van der Waals surface area contributed by atoms with Crippen LogP contribution in [0.4, 0.5) is 0 Å². The Morgan fingerprint density at radius 2 is 2.17 bits per heavy atom. The third-order valence-electron chi connectivity index (χ3n) is 2.92. The van der Waals surface area contributed by atoms with E-state index in [-0.39, 0.29) is 0 Å². The lowest BCUT2D eigenvalue weighted by molar-refractivity contribution is -0.0108. The van der Waals surface area contributed by atoms with Crippen LogP contribution < -0.4 is 5.32 Å². The molecule has 0 radical (unpaired) electrons. The molecule has 70 valence electrons. The fraction of sp³-hybridized carbons (Fsp3) is 1.00. The van der Waals surface area contributed by atoms with E-state index in [2.05, 4.69) is 12.2 Å². The van der Waals surface area contributed by atoms with Crippen molar-refractivity contribution in [3.63, 3.8) is 0 Å². The van der Waals surface area contributed by atoms with Crippen LogP contribution in [0.2, 0.25) is 0 Å². The molecule has 1 atom stereocenters. The quantitative estimate of drug-likeness (QED) is 0.674. The van der Waals surface area contributed by atoms with Crippen molar-refractivity contribution >= 4 is 0 Å². The zero-order valence-electron chi connectivity index (χ0n) is 7.88. The minimum atomic E-state index is 0.661. The first-order chi connectivity index (χ1) is 5.88. The Labute approximate surface area is 74.7 Å². The normalized spacial score (nSPS) is 26.8. The van der Waals surface area contributed by atoms with Crippen molar-refractivity contribution in [2.75, 3.05) is 13.2 Å². The molecule has 1 saturated carbocycles. The fourth-order valence-electron chi connectivity index (χ4n) is 1.77. The van der Waals surface area contributed by atoms with Gasteiger partial charge in [0.15, 0.2) is 0 Å². The van der Waals surface area contributed by atoms with Crippen molar-refractivity contribution in [1.29, 1.82) is 0 Å². The molecular formula is C10H19NO. The molecule has 2 fully saturated rings. The number of ether oxygens (including phenoxy) is 1. The maximum atomic E-state index is 5.14. The Kier molecular flexibility index (Phi) is 2.66. The highest BCUT2D eigenvalue weighted by Crippen LogP contribution is 2.34. The summed E-state index contributed by atoms with van der Waals surface area (Å²) in [6.45, 7) is 4.14. The predicted octanol–water partition coefficient (Wildman–Crippen LogP) is 1.55. The van der Waals surface area contributed by atoms with E-state index in [0.29, 0.717) is 6.04 Å². The van der Waals surface area contributed by atoms with E-state index in [1.54, 1.807) is 0 Å². The van der Waals surface area contributed by atoms with Gasteiger partial charge in [-0.15, -0.1) is 0 Å². The van der Waals surface area contributed by atoms with Crippen molar-refractivity contribution in [1.82, 2.24) is 5.32 Å². The molecule has 1 aliphatic heterocycles. The van der Waals surface area contributed by atoms with E-state index < -0.39 is 0 Å². The van der Waals surface area contributed by atoms with Crippen LogP contribution in [-0.4, -0.2) is 25.3 Å². The summed E-state index contributed by atoms with van der Waals surface area (Å²) in [4.78, 5) is 0. The summed E-state index contributed by atoms with van der Waals surface area (Å²) in [7, 11) is 0. The number of nitrogens with one attached hydrogen (secondary N) is 1. The summed E-state index contributed by atoms with van der Waals surface area (Å²) in [6.07, 6.45) is 5.61. The SMILES string of the molecule is CCC(CC1CC1)NC1COC1. The fourth-order valence-corrected chi connectivity index (χ4v) is 1.77. The van der Waals surface area contributed by atoms with E-state index >= 15 is 0 Å². The monoisotopic (exact) mass is 169 g/mol. The van der Waals surface area contributed by atoms with Gasteiger partial charge in [0.2, 0.25) is 0 Å². The largest absolute Gasteiger partial charge is 0.378 e. The Bertz CT molecular complexity index is 141. The molecule has 0 amide bonds. The molecule has 2 aliphatic rings. The van der Waals surface area contributed by atoms with Crippen molar-refractivity contribution in [3.8, 4) is 0 Å². The van der Waals surface area contributed by atoms with Crippen LogP contribution in [0.15, 0.2) is 0 Å². The Hall–Kier alpha value is -0.0800. The van der Waals surface area contributed by atoms with Gasteiger partial charge in [-0.05, 0) is 18.8 Å². The summed E-state index contributed by atoms with van der Waals surface area (Å²) in [5, 5.41) is 3.65. The zero-order chi connectivity index (χ0) is 8.39. The van der Waals surface area contributed by atoms with Gasteiger partial charge < -0.3 is 10.1 Å². The average molecular weight is 169 g/mol. The third kappa shape index (κ3) is 2.20. The predicted molar refractivity (Wildman–Crippen MR) is 49.2 cm³/mol. The highest BCUT2D eigenvalue weighted by molar-refractivity contribution is 4.83. The first-order valence-corrected chi connectivity index (χ1v) is 5.22. The van der Waals surface area contributed by atoms with Gasteiger partial charge in [-0.25, -0.2) is 0 Å². The lowest BCUT2D eigenvalue weighted by Gasteiger charge is -2.31. The number of hydrogen-bond acceptors (Lipinski definition) is 2. The van der Waals surface area contributed by atoms with Crippen LogP contribution in [0, 0.1) is 5.92 Å². The Morgan fingerprint density at radius 3 is 2.58 bits per heavy atom. The van der Waals surface area contributed by atoms with Gasteiger partial charge >= 0.3 is 0 Å². The van der Waals surface area contributed by atoms with Gasteiger partial charge in [0.05, 0.1) is 19.3 Å². The van der Waals surface area contributed by atoms with Crippen LogP contribution in [0.1, 0.15) is 32.6 Å². The van der Waals surface area contributed by atoms with E-state index in [1.807, 2.05) is 0 Å². The third-order valence-corrected chi connectivity index (χ3v) is 2.92. The molecule has 1 N–H and O–H groups in total. The summed E-state index contributed by atoms with van der Waals surface area (Å²) in [6, 6.07) is 1.42. The average Bonchev–Trinajstić information content (AvgIpc) is 2.77. The van der Waals surface area contributed by atoms with E-state index in [9.17, 15) is 0 Å². The highest BCUT2D eigenvalue weighted by atomic mass is 16.5. The summed E-state index contributed by atoms with van der Waals surface area (Å²) >= 11 is 0. The zero-order valence-corrected chi connectivity index (χ0v) is 7.88. The van der Waals surface area contributed by atoms with Crippen molar-refractivity contribution in [2.24, 2.45) is 5.92 Å². The van der Waals surface area contributed by atoms with Crippen LogP contribution in [0.25, 0.3) is 0 Å². The molecule has 2 nitrogen and oxygen atoms in total. The molecular weight excluding hydrogens is 150 g/mol. The first kappa shape index (κ1) is 8.52. The molecule has 0 aromatic carbocycles.